The Morgan fingerprint density at radius 1 is 0.255 bits per heavy atom. The van der Waals surface area contributed by atoms with E-state index in [1.54, 1.807) is 0 Å². The first-order valence-electron chi connectivity index (χ1n) is 24.5. The smallest absolute Gasteiger partial charge is 0.101 e. The standard InChI is InChI=1S/C49H98N2/c1-4-7-10-13-16-18-20-22-24-26-28-30-32-34-36-39-42-45-50-47-48-51(49(50)44-41-38-15-12-9-6-3)46-43-40-37-35-33-31-29-27-25-23-21-19-17-14-11-8-5-2/h47-49H,4-46H2,1-3H3. The molecule has 2 heteroatoms. The van der Waals surface area contributed by atoms with Crippen molar-refractivity contribution in [2.75, 3.05) is 13.1 Å². The minimum absolute atomic E-state index is 0.637. The van der Waals surface area contributed by atoms with Crippen molar-refractivity contribution in [1.29, 1.82) is 0 Å². The lowest BCUT2D eigenvalue weighted by Gasteiger charge is -2.33. The highest BCUT2D eigenvalue weighted by Gasteiger charge is 2.24. The van der Waals surface area contributed by atoms with Crippen LogP contribution in [-0.2, 0) is 0 Å². The summed E-state index contributed by atoms with van der Waals surface area (Å²) in [6.07, 6.45) is 64.9. The average Bonchev–Trinajstić information content (AvgIpc) is 3.53. The van der Waals surface area contributed by atoms with Crippen molar-refractivity contribution in [3.05, 3.63) is 12.4 Å². The van der Waals surface area contributed by atoms with E-state index in [4.69, 9.17) is 0 Å². The van der Waals surface area contributed by atoms with Gasteiger partial charge in [0.1, 0.15) is 6.17 Å². The molecule has 1 aliphatic heterocycles. The van der Waals surface area contributed by atoms with Gasteiger partial charge in [-0.3, -0.25) is 0 Å². The van der Waals surface area contributed by atoms with E-state index < -0.39 is 0 Å². The molecule has 1 heterocycles. The molecule has 0 atom stereocenters. The first-order valence-corrected chi connectivity index (χ1v) is 24.5. The lowest BCUT2D eigenvalue weighted by Crippen LogP contribution is -2.39. The Hall–Kier alpha value is -0.660. The first kappa shape index (κ1) is 48.4. The van der Waals surface area contributed by atoms with Gasteiger partial charge >= 0.3 is 0 Å². The summed E-state index contributed by atoms with van der Waals surface area (Å²) in [5.74, 6) is 0. The monoisotopic (exact) mass is 715 g/mol. The van der Waals surface area contributed by atoms with Gasteiger partial charge in [0.05, 0.1) is 0 Å². The third-order valence-corrected chi connectivity index (χ3v) is 12.1. The summed E-state index contributed by atoms with van der Waals surface area (Å²) in [6, 6.07) is 0. The maximum Gasteiger partial charge on any atom is 0.101 e. The van der Waals surface area contributed by atoms with E-state index >= 15 is 0 Å². The molecule has 0 aromatic rings. The number of unbranched alkanes of at least 4 members (excludes halogenated alkanes) is 37. The second-order valence-corrected chi connectivity index (χ2v) is 17.1. The molecule has 0 bridgehead atoms. The minimum atomic E-state index is 0.637. The van der Waals surface area contributed by atoms with Crippen LogP contribution >= 0.6 is 0 Å². The summed E-state index contributed by atoms with van der Waals surface area (Å²) < 4.78 is 0. The molecule has 1 rings (SSSR count). The molecule has 0 aromatic heterocycles. The highest BCUT2D eigenvalue weighted by atomic mass is 15.4. The van der Waals surface area contributed by atoms with Crippen LogP contribution in [0.2, 0.25) is 0 Å². The fraction of sp³-hybridized carbons (Fsp3) is 0.959. The minimum Gasteiger partial charge on any atom is -0.356 e. The zero-order valence-electron chi connectivity index (χ0n) is 36.0. The summed E-state index contributed by atoms with van der Waals surface area (Å²) in [6.45, 7) is 9.50. The molecule has 0 saturated heterocycles. The third-order valence-electron chi connectivity index (χ3n) is 12.1. The van der Waals surface area contributed by atoms with E-state index in [0.717, 1.165) is 0 Å². The Labute approximate surface area is 324 Å². The summed E-state index contributed by atoms with van der Waals surface area (Å²) >= 11 is 0. The molecule has 51 heavy (non-hydrogen) atoms. The van der Waals surface area contributed by atoms with Crippen LogP contribution in [0.1, 0.15) is 284 Å². The first-order chi connectivity index (χ1) is 25.3. The second-order valence-electron chi connectivity index (χ2n) is 17.1. The molecule has 1 aliphatic rings. The number of nitrogens with zero attached hydrogens (tertiary/aromatic N) is 2. The fourth-order valence-corrected chi connectivity index (χ4v) is 8.48. The predicted octanol–water partition coefficient (Wildman–Crippen LogP) is 17.5. The van der Waals surface area contributed by atoms with Crippen LogP contribution < -0.4 is 0 Å². The molecule has 0 aliphatic carbocycles. The summed E-state index contributed by atoms with van der Waals surface area (Å²) in [5.41, 5.74) is 0. The molecule has 2 nitrogen and oxygen atoms in total. The molecule has 0 saturated carbocycles. The number of hydrogen-bond donors (Lipinski definition) is 0. The van der Waals surface area contributed by atoms with E-state index in [2.05, 4.69) is 43.0 Å². The second kappa shape index (κ2) is 40.5. The fourth-order valence-electron chi connectivity index (χ4n) is 8.48. The van der Waals surface area contributed by atoms with Gasteiger partial charge in [-0.15, -0.1) is 0 Å². The van der Waals surface area contributed by atoms with Gasteiger partial charge in [-0.05, 0) is 25.7 Å². The predicted molar refractivity (Wildman–Crippen MR) is 233 cm³/mol. The third kappa shape index (κ3) is 32.5. The Kier molecular flexibility index (Phi) is 38.4. The Morgan fingerprint density at radius 2 is 0.451 bits per heavy atom. The van der Waals surface area contributed by atoms with Gasteiger partial charge in [-0.2, -0.15) is 0 Å². The highest BCUT2D eigenvalue weighted by Crippen LogP contribution is 2.24. The lowest BCUT2D eigenvalue weighted by atomic mass is 10.0. The topological polar surface area (TPSA) is 6.48 Å². The van der Waals surface area contributed by atoms with Gasteiger partial charge in [0.25, 0.3) is 0 Å². The van der Waals surface area contributed by atoms with Gasteiger partial charge < -0.3 is 9.80 Å². The molecule has 0 unspecified atom stereocenters. The van der Waals surface area contributed by atoms with E-state index in [0.29, 0.717) is 6.17 Å². The maximum atomic E-state index is 2.73. The molecule has 0 N–H and O–H groups in total. The Bertz CT molecular complexity index is 625. The maximum absolute atomic E-state index is 2.73. The van der Waals surface area contributed by atoms with Crippen molar-refractivity contribution in [2.45, 2.75) is 290 Å². The molecule has 0 radical (unpaired) electrons. The molecular weight excluding hydrogens is 617 g/mol. The van der Waals surface area contributed by atoms with Gasteiger partial charge in [-0.1, -0.05) is 258 Å². The van der Waals surface area contributed by atoms with Crippen LogP contribution in [0.25, 0.3) is 0 Å². The summed E-state index contributed by atoms with van der Waals surface area (Å²) in [5, 5.41) is 0. The zero-order valence-corrected chi connectivity index (χ0v) is 36.0. The lowest BCUT2D eigenvalue weighted by molar-refractivity contribution is 0.135. The van der Waals surface area contributed by atoms with Crippen LogP contribution in [0.15, 0.2) is 12.4 Å². The molecule has 0 fully saturated rings. The van der Waals surface area contributed by atoms with Crippen LogP contribution in [0.3, 0.4) is 0 Å². The van der Waals surface area contributed by atoms with Crippen molar-refractivity contribution in [2.24, 2.45) is 0 Å². The van der Waals surface area contributed by atoms with E-state index in [1.165, 1.54) is 276 Å². The van der Waals surface area contributed by atoms with Crippen molar-refractivity contribution in [1.82, 2.24) is 9.80 Å². The van der Waals surface area contributed by atoms with Crippen molar-refractivity contribution in [3.63, 3.8) is 0 Å². The zero-order chi connectivity index (χ0) is 36.6. The highest BCUT2D eigenvalue weighted by molar-refractivity contribution is 4.97. The van der Waals surface area contributed by atoms with Crippen LogP contribution in [-0.4, -0.2) is 29.1 Å². The Morgan fingerprint density at radius 3 is 0.686 bits per heavy atom. The average molecular weight is 715 g/mol. The van der Waals surface area contributed by atoms with Crippen LogP contribution in [0.5, 0.6) is 0 Å². The normalized spacial score (nSPS) is 13.4. The van der Waals surface area contributed by atoms with E-state index in [-0.39, 0.29) is 0 Å². The quantitative estimate of drug-likeness (QED) is 0.0580. The molecule has 0 aromatic carbocycles. The Balaban J connectivity index is 2.07. The summed E-state index contributed by atoms with van der Waals surface area (Å²) in [7, 11) is 0. The van der Waals surface area contributed by atoms with E-state index in [9.17, 15) is 0 Å². The number of hydrogen-bond acceptors (Lipinski definition) is 2. The number of rotatable bonds is 43. The largest absolute Gasteiger partial charge is 0.356 e. The van der Waals surface area contributed by atoms with Crippen molar-refractivity contribution in [3.8, 4) is 0 Å². The van der Waals surface area contributed by atoms with E-state index in [1.807, 2.05) is 0 Å². The SMILES string of the molecule is CCCCCCCCCCCCCCCCCCCN1C=CN(CCCCCCCCCCCCCCCCCCC)C1CCCCCCCC. The molecule has 304 valence electrons. The van der Waals surface area contributed by atoms with Crippen LogP contribution in [0.4, 0.5) is 0 Å². The van der Waals surface area contributed by atoms with Crippen molar-refractivity contribution < 1.29 is 0 Å². The van der Waals surface area contributed by atoms with Gasteiger partial charge in [-0.25, -0.2) is 0 Å². The summed E-state index contributed by atoms with van der Waals surface area (Å²) in [4.78, 5) is 5.45. The van der Waals surface area contributed by atoms with Gasteiger partial charge in [0, 0.05) is 25.5 Å². The molecular formula is C49H98N2. The van der Waals surface area contributed by atoms with Crippen molar-refractivity contribution >= 4 is 0 Å². The van der Waals surface area contributed by atoms with Crippen LogP contribution in [0, 0.1) is 0 Å². The van der Waals surface area contributed by atoms with Gasteiger partial charge in [0.2, 0.25) is 0 Å². The van der Waals surface area contributed by atoms with Gasteiger partial charge in [0.15, 0.2) is 0 Å². The molecule has 0 amide bonds. The molecule has 0 spiro atoms.